The number of ether oxygens (including phenoxy) is 1. The summed E-state index contributed by atoms with van der Waals surface area (Å²) < 4.78 is 37.6. The van der Waals surface area contributed by atoms with Crippen molar-refractivity contribution in [1.29, 1.82) is 0 Å². The molecule has 3 rings (SSSR count). The van der Waals surface area contributed by atoms with Crippen molar-refractivity contribution in [1.82, 2.24) is 15.5 Å². The smallest absolute Gasteiger partial charge is 0.267 e. The van der Waals surface area contributed by atoms with Crippen molar-refractivity contribution in [2.75, 3.05) is 24.0 Å². The normalized spacial score (nSPS) is 11.2. The number of nitrogens with one attached hydrogen (secondary N) is 1. The van der Waals surface area contributed by atoms with Crippen LogP contribution in [0.1, 0.15) is 11.3 Å². The molecule has 0 saturated heterocycles. The fraction of sp³-hybridized carbons (Fsp3) is 0.250. The molecule has 0 atom stereocenters. The maximum atomic E-state index is 13.1. The average molecular weight is 465 g/mol. The minimum atomic E-state index is -4.13. The number of sulfonamides is 1. The Morgan fingerprint density at radius 3 is 2.68 bits per heavy atom. The molecule has 0 unspecified atom stereocenters. The zero-order valence-electron chi connectivity index (χ0n) is 16.9. The largest absolute Gasteiger partial charge is 0.492 e. The topological polar surface area (TPSA) is 115 Å². The molecule has 2 aromatic heterocycles. The van der Waals surface area contributed by atoms with E-state index in [1.54, 1.807) is 6.92 Å². The van der Waals surface area contributed by atoms with E-state index < -0.39 is 22.5 Å². The highest BCUT2D eigenvalue weighted by Gasteiger charge is 2.29. The molecule has 11 heteroatoms. The minimum Gasteiger partial charge on any atom is -0.492 e. The minimum absolute atomic E-state index is 0.0152. The number of nitrogens with zero attached hydrogens (tertiary/aromatic N) is 3. The maximum absolute atomic E-state index is 13.1. The van der Waals surface area contributed by atoms with Gasteiger partial charge < -0.3 is 14.6 Å². The second kappa shape index (κ2) is 9.80. The number of aromatic nitrogens is 2. The van der Waals surface area contributed by atoms with Crippen LogP contribution in [0.15, 0.2) is 58.1 Å². The Labute approximate surface area is 185 Å². The van der Waals surface area contributed by atoms with Gasteiger partial charge in [0.15, 0.2) is 5.82 Å². The van der Waals surface area contributed by atoms with Crippen molar-refractivity contribution in [2.24, 2.45) is 0 Å². The van der Waals surface area contributed by atoms with Crippen LogP contribution in [-0.2, 0) is 14.8 Å². The lowest BCUT2D eigenvalue weighted by molar-refractivity contribution is -0.119. The van der Waals surface area contributed by atoms with Crippen LogP contribution in [0.5, 0.6) is 5.75 Å². The number of carbonyl (C=O) groups is 1. The summed E-state index contributed by atoms with van der Waals surface area (Å²) in [5.74, 6) is 0.542. The summed E-state index contributed by atoms with van der Waals surface area (Å²) in [6, 6.07) is 11.6. The molecule has 1 amide bonds. The number of benzene rings is 1. The summed E-state index contributed by atoms with van der Waals surface area (Å²) in [4.78, 5) is 16.1. The van der Waals surface area contributed by atoms with Crippen molar-refractivity contribution in [3.05, 3.63) is 65.1 Å². The van der Waals surface area contributed by atoms with Crippen LogP contribution in [0, 0.1) is 13.8 Å². The first kappa shape index (κ1) is 22.6. The fourth-order valence-corrected chi connectivity index (χ4v) is 4.06. The molecule has 0 aliphatic heterocycles. The van der Waals surface area contributed by atoms with Crippen LogP contribution in [0.25, 0.3) is 0 Å². The zero-order chi connectivity index (χ0) is 22.4. The number of rotatable bonds is 9. The molecule has 0 bridgehead atoms. The highest BCUT2D eigenvalue weighted by atomic mass is 35.5. The third-order valence-corrected chi connectivity index (χ3v) is 6.09. The molecule has 0 radical (unpaired) electrons. The number of hydrogen-bond donors (Lipinski definition) is 1. The van der Waals surface area contributed by atoms with Crippen LogP contribution in [-0.4, -0.2) is 44.2 Å². The third kappa shape index (κ3) is 5.96. The Morgan fingerprint density at radius 2 is 2.03 bits per heavy atom. The summed E-state index contributed by atoms with van der Waals surface area (Å²) in [5.41, 5.74) is 1.06. The Bertz CT molecular complexity index is 1150. The van der Waals surface area contributed by atoms with Gasteiger partial charge in [0.2, 0.25) is 5.91 Å². The Balaban J connectivity index is 1.67. The van der Waals surface area contributed by atoms with Crippen molar-refractivity contribution in [3.8, 4) is 5.75 Å². The number of carbonyl (C=O) groups excluding carboxylic acids is 1. The molecule has 9 nitrogen and oxygen atoms in total. The molecular formula is C20H21ClN4O5S. The Hall–Kier alpha value is -3.11. The summed E-state index contributed by atoms with van der Waals surface area (Å²) in [7, 11) is -4.13. The quantitative estimate of drug-likeness (QED) is 0.382. The predicted molar refractivity (Wildman–Crippen MR) is 115 cm³/mol. The van der Waals surface area contributed by atoms with E-state index in [-0.39, 0.29) is 29.0 Å². The highest BCUT2D eigenvalue weighted by molar-refractivity contribution is 7.92. The average Bonchev–Trinajstić information content (AvgIpc) is 3.15. The van der Waals surface area contributed by atoms with Gasteiger partial charge in [-0.15, -0.1) is 0 Å². The summed E-state index contributed by atoms with van der Waals surface area (Å²) in [6.07, 6.45) is 1.12. The van der Waals surface area contributed by atoms with Gasteiger partial charge in [0.05, 0.1) is 6.54 Å². The molecule has 0 fully saturated rings. The first-order valence-electron chi connectivity index (χ1n) is 9.29. The molecule has 1 N–H and O–H groups in total. The highest BCUT2D eigenvalue weighted by Crippen LogP contribution is 2.23. The van der Waals surface area contributed by atoms with Gasteiger partial charge in [0.1, 0.15) is 34.7 Å². The van der Waals surface area contributed by atoms with Crippen LogP contribution < -0.4 is 14.4 Å². The number of amides is 1. The van der Waals surface area contributed by atoms with Gasteiger partial charge in [0, 0.05) is 12.3 Å². The van der Waals surface area contributed by atoms with E-state index in [0.29, 0.717) is 11.5 Å². The van der Waals surface area contributed by atoms with Gasteiger partial charge in [-0.05, 0) is 43.7 Å². The van der Waals surface area contributed by atoms with Crippen molar-refractivity contribution in [2.45, 2.75) is 18.7 Å². The second-order valence-electron chi connectivity index (χ2n) is 6.64. The Kier molecular flexibility index (Phi) is 7.13. The van der Waals surface area contributed by atoms with Crippen molar-refractivity contribution >= 4 is 33.3 Å². The van der Waals surface area contributed by atoms with Gasteiger partial charge in [-0.25, -0.2) is 17.7 Å². The second-order valence-corrected chi connectivity index (χ2v) is 8.89. The van der Waals surface area contributed by atoms with E-state index >= 15 is 0 Å². The monoisotopic (exact) mass is 464 g/mol. The molecule has 3 aromatic rings. The first-order valence-corrected chi connectivity index (χ1v) is 11.1. The van der Waals surface area contributed by atoms with Gasteiger partial charge in [-0.1, -0.05) is 28.9 Å². The van der Waals surface area contributed by atoms with E-state index in [2.05, 4.69) is 15.5 Å². The van der Waals surface area contributed by atoms with Crippen LogP contribution >= 0.6 is 11.6 Å². The van der Waals surface area contributed by atoms with Gasteiger partial charge >= 0.3 is 0 Å². The van der Waals surface area contributed by atoms with Gasteiger partial charge in [-0.2, -0.15) is 0 Å². The van der Waals surface area contributed by atoms with Crippen LogP contribution in [0.2, 0.25) is 5.15 Å². The number of aryl methyl sites for hydroxylation is 2. The lowest BCUT2D eigenvalue weighted by Gasteiger charge is -2.21. The lowest BCUT2D eigenvalue weighted by Crippen LogP contribution is -2.42. The molecular weight excluding hydrogens is 444 g/mol. The van der Waals surface area contributed by atoms with Crippen molar-refractivity contribution < 1.29 is 22.5 Å². The Morgan fingerprint density at radius 1 is 1.23 bits per heavy atom. The van der Waals surface area contributed by atoms with Gasteiger partial charge in [0.25, 0.3) is 10.0 Å². The fourth-order valence-electron chi connectivity index (χ4n) is 2.65. The maximum Gasteiger partial charge on any atom is 0.267 e. The number of pyridine rings is 1. The summed E-state index contributed by atoms with van der Waals surface area (Å²) in [6.45, 7) is 3.49. The molecule has 0 aliphatic rings. The SMILES string of the molecule is Cc1cccc(OCCNC(=O)CN(c2cc(C)on2)S(=O)(=O)c2ccc(Cl)nc2)c1. The number of anilines is 1. The molecule has 0 saturated carbocycles. The zero-order valence-corrected chi connectivity index (χ0v) is 18.5. The summed E-state index contributed by atoms with van der Waals surface area (Å²) in [5, 5.41) is 6.53. The van der Waals surface area contributed by atoms with E-state index in [1.165, 1.54) is 18.2 Å². The standard InChI is InChI=1S/C20H21ClN4O5S/c1-14-4-3-5-16(10-14)29-9-8-22-20(26)13-25(19-11-15(2)30-24-19)31(27,28)17-6-7-18(21)23-12-17/h3-7,10-12H,8-9,13H2,1-2H3,(H,22,26). The molecule has 2 heterocycles. The molecule has 31 heavy (non-hydrogen) atoms. The van der Waals surface area contributed by atoms with Crippen LogP contribution in [0.3, 0.4) is 0 Å². The van der Waals surface area contributed by atoms with Gasteiger partial charge in [-0.3, -0.25) is 4.79 Å². The summed E-state index contributed by atoms with van der Waals surface area (Å²) >= 11 is 5.75. The predicted octanol–water partition coefficient (Wildman–Crippen LogP) is 2.73. The molecule has 0 spiro atoms. The van der Waals surface area contributed by atoms with E-state index in [1.807, 2.05) is 31.2 Å². The third-order valence-electron chi connectivity index (χ3n) is 4.13. The number of halogens is 1. The lowest BCUT2D eigenvalue weighted by atomic mass is 10.2. The molecule has 0 aliphatic carbocycles. The molecule has 164 valence electrons. The van der Waals surface area contributed by atoms with Crippen molar-refractivity contribution in [3.63, 3.8) is 0 Å². The van der Waals surface area contributed by atoms with E-state index in [0.717, 1.165) is 16.1 Å². The first-order chi connectivity index (χ1) is 14.8. The van der Waals surface area contributed by atoms with E-state index in [4.69, 9.17) is 20.9 Å². The van der Waals surface area contributed by atoms with E-state index in [9.17, 15) is 13.2 Å². The molecule has 1 aromatic carbocycles. The van der Waals surface area contributed by atoms with Crippen LogP contribution in [0.4, 0.5) is 5.82 Å². The number of hydrogen-bond acceptors (Lipinski definition) is 7.